The molecule has 0 spiro atoms. The summed E-state index contributed by atoms with van der Waals surface area (Å²) >= 11 is 0.311. The van der Waals surface area contributed by atoms with E-state index in [0.29, 0.717) is 17.8 Å². The summed E-state index contributed by atoms with van der Waals surface area (Å²) in [6.45, 7) is 0. The average molecular weight is 356 g/mol. The zero-order valence-electron chi connectivity index (χ0n) is 12.4. The maximum atomic E-state index is 13.5. The molecule has 2 aromatic rings. The van der Waals surface area contributed by atoms with Gasteiger partial charge in [-0.1, -0.05) is 11.8 Å². The van der Waals surface area contributed by atoms with Gasteiger partial charge < -0.3 is 4.74 Å². The van der Waals surface area contributed by atoms with Crippen LogP contribution in [0.25, 0.3) is 6.08 Å². The van der Waals surface area contributed by atoms with Gasteiger partial charge in [-0.25, -0.2) is 8.78 Å². The SMILES string of the molecule is COc1cc(C(=O)C=Cc2ccc(F)cc2F)ccc1SC(F)F. The highest BCUT2D eigenvalue weighted by Crippen LogP contribution is 2.34. The summed E-state index contributed by atoms with van der Waals surface area (Å²) in [5.41, 5.74) is 0.255. The molecule has 0 aliphatic rings. The van der Waals surface area contributed by atoms with E-state index in [4.69, 9.17) is 4.74 Å². The van der Waals surface area contributed by atoms with Gasteiger partial charge >= 0.3 is 0 Å². The van der Waals surface area contributed by atoms with Gasteiger partial charge in [-0.05, 0) is 42.5 Å². The highest BCUT2D eigenvalue weighted by molar-refractivity contribution is 7.99. The fourth-order valence-corrected chi connectivity index (χ4v) is 2.51. The molecule has 0 unspecified atom stereocenters. The maximum Gasteiger partial charge on any atom is 0.289 e. The average Bonchev–Trinajstić information content (AvgIpc) is 2.53. The zero-order chi connectivity index (χ0) is 17.7. The Morgan fingerprint density at radius 2 is 1.92 bits per heavy atom. The number of ether oxygens (including phenoxy) is 1. The second-order valence-corrected chi connectivity index (χ2v) is 5.64. The number of hydrogen-bond acceptors (Lipinski definition) is 3. The van der Waals surface area contributed by atoms with Crippen LogP contribution in [0.5, 0.6) is 5.75 Å². The summed E-state index contributed by atoms with van der Waals surface area (Å²) < 4.78 is 56.2. The molecule has 0 heterocycles. The minimum atomic E-state index is -2.61. The normalized spacial score (nSPS) is 11.2. The number of halogens is 4. The third-order valence-electron chi connectivity index (χ3n) is 3.04. The fraction of sp³-hybridized carbons (Fsp3) is 0.118. The van der Waals surface area contributed by atoms with Crippen LogP contribution in [0, 0.1) is 11.6 Å². The van der Waals surface area contributed by atoms with Crippen LogP contribution in [0.15, 0.2) is 47.4 Å². The smallest absolute Gasteiger partial charge is 0.289 e. The summed E-state index contributed by atoms with van der Waals surface area (Å²) in [6.07, 6.45) is 2.33. The van der Waals surface area contributed by atoms with E-state index in [9.17, 15) is 22.4 Å². The van der Waals surface area contributed by atoms with E-state index < -0.39 is 23.2 Å². The number of rotatable bonds is 6. The van der Waals surface area contributed by atoms with Crippen molar-refractivity contribution in [3.8, 4) is 5.75 Å². The van der Waals surface area contributed by atoms with Crippen LogP contribution in [0.1, 0.15) is 15.9 Å². The lowest BCUT2D eigenvalue weighted by Crippen LogP contribution is -1.97. The molecule has 2 nitrogen and oxygen atoms in total. The molecule has 0 aliphatic carbocycles. The van der Waals surface area contributed by atoms with Gasteiger partial charge in [0.1, 0.15) is 17.4 Å². The first-order valence-electron chi connectivity index (χ1n) is 6.71. The molecule has 0 N–H and O–H groups in total. The second kappa shape index (κ2) is 8.01. The number of ketones is 1. The van der Waals surface area contributed by atoms with E-state index in [1.165, 1.54) is 37.5 Å². The molecule has 0 fully saturated rings. The van der Waals surface area contributed by atoms with Gasteiger partial charge in [-0.15, -0.1) is 0 Å². The highest BCUT2D eigenvalue weighted by atomic mass is 32.2. The quantitative estimate of drug-likeness (QED) is 0.309. The number of allylic oxidation sites excluding steroid dienone is 1. The Morgan fingerprint density at radius 1 is 1.17 bits per heavy atom. The summed E-state index contributed by atoms with van der Waals surface area (Å²) in [7, 11) is 1.31. The van der Waals surface area contributed by atoms with Crippen LogP contribution in [-0.2, 0) is 0 Å². The Balaban J connectivity index is 2.21. The summed E-state index contributed by atoms with van der Waals surface area (Å²) in [5.74, 6) is -4.44. The highest BCUT2D eigenvalue weighted by Gasteiger charge is 2.13. The Bertz CT molecular complexity index is 775. The molecular formula is C17H12F4O2S. The molecule has 126 valence electrons. The summed E-state index contributed by atoms with van der Waals surface area (Å²) in [4.78, 5) is 12.3. The largest absolute Gasteiger partial charge is 0.496 e. The topological polar surface area (TPSA) is 26.3 Å². The van der Waals surface area contributed by atoms with Crippen LogP contribution >= 0.6 is 11.8 Å². The van der Waals surface area contributed by atoms with Gasteiger partial charge in [-0.3, -0.25) is 4.79 Å². The van der Waals surface area contributed by atoms with E-state index in [0.717, 1.165) is 12.1 Å². The molecule has 2 aromatic carbocycles. The lowest BCUT2D eigenvalue weighted by atomic mass is 10.1. The Hall–Kier alpha value is -2.28. The molecule has 7 heteroatoms. The monoisotopic (exact) mass is 356 g/mol. The summed E-state index contributed by atoms with van der Waals surface area (Å²) in [6, 6.07) is 7.06. The van der Waals surface area contributed by atoms with Crippen LogP contribution in [0.4, 0.5) is 17.6 Å². The maximum absolute atomic E-state index is 13.5. The van der Waals surface area contributed by atoms with Crippen molar-refractivity contribution >= 4 is 23.6 Å². The van der Waals surface area contributed by atoms with Gasteiger partial charge in [0, 0.05) is 17.2 Å². The van der Waals surface area contributed by atoms with Crippen molar-refractivity contribution in [2.45, 2.75) is 10.7 Å². The minimum absolute atomic E-state index is 0.0570. The predicted molar refractivity (Wildman–Crippen MR) is 84.6 cm³/mol. The van der Waals surface area contributed by atoms with Gasteiger partial charge in [-0.2, -0.15) is 8.78 Å². The van der Waals surface area contributed by atoms with Crippen molar-refractivity contribution in [2.24, 2.45) is 0 Å². The van der Waals surface area contributed by atoms with Crippen LogP contribution in [-0.4, -0.2) is 18.7 Å². The van der Waals surface area contributed by atoms with Crippen LogP contribution in [0.2, 0.25) is 0 Å². The Labute approximate surface area is 140 Å². The van der Waals surface area contributed by atoms with E-state index >= 15 is 0 Å². The number of hydrogen-bond donors (Lipinski definition) is 0. The van der Waals surface area contributed by atoms with Crippen LogP contribution in [0.3, 0.4) is 0 Å². The van der Waals surface area contributed by atoms with Gasteiger partial charge in [0.2, 0.25) is 0 Å². The first kappa shape index (κ1) is 18.1. The molecule has 0 aromatic heterocycles. The molecule has 0 saturated heterocycles. The zero-order valence-corrected chi connectivity index (χ0v) is 13.2. The third-order valence-corrected chi connectivity index (χ3v) is 3.81. The number of benzene rings is 2. The minimum Gasteiger partial charge on any atom is -0.496 e. The van der Waals surface area contributed by atoms with Crippen LogP contribution < -0.4 is 4.74 Å². The first-order valence-corrected chi connectivity index (χ1v) is 7.59. The first-order chi connectivity index (χ1) is 11.4. The summed E-state index contributed by atoms with van der Waals surface area (Å²) in [5, 5.41) is 0. The van der Waals surface area contributed by atoms with E-state index in [-0.39, 0.29) is 21.8 Å². The molecule has 0 bridgehead atoms. The van der Waals surface area contributed by atoms with Crippen molar-refractivity contribution in [1.82, 2.24) is 0 Å². The molecule has 0 atom stereocenters. The number of thioether (sulfide) groups is 1. The van der Waals surface area contributed by atoms with E-state index in [1.807, 2.05) is 0 Å². The lowest BCUT2D eigenvalue weighted by Gasteiger charge is -2.08. The Kier molecular flexibility index (Phi) is 6.03. The second-order valence-electron chi connectivity index (χ2n) is 4.61. The van der Waals surface area contributed by atoms with E-state index in [1.54, 1.807) is 0 Å². The molecular weight excluding hydrogens is 344 g/mol. The van der Waals surface area contributed by atoms with Gasteiger partial charge in [0.15, 0.2) is 5.78 Å². The Morgan fingerprint density at radius 3 is 2.54 bits per heavy atom. The van der Waals surface area contributed by atoms with Crippen molar-refractivity contribution in [3.63, 3.8) is 0 Å². The molecule has 0 radical (unpaired) electrons. The van der Waals surface area contributed by atoms with Crippen molar-refractivity contribution in [2.75, 3.05) is 7.11 Å². The van der Waals surface area contributed by atoms with Crippen molar-refractivity contribution in [1.29, 1.82) is 0 Å². The molecule has 0 saturated carbocycles. The lowest BCUT2D eigenvalue weighted by molar-refractivity contribution is 0.104. The predicted octanol–water partition coefficient (Wildman–Crippen LogP) is 5.18. The van der Waals surface area contributed by atoms with Crippen molar-refractivity contribution < 1.29 is 27.1 Å². The van der Waals surface area contributed by atoms with E-state index in [2.05, 4.69) is 0 Å². The molecule has 24 heavy (non-hydrogen) atoms. The number of carbonyl (C=O) groups excluding carboxylic acids is 1. The standard InChI is InChI=1S/C17H12F4O2S/c1-23-15-8-11(4-7-16(15)24-17(20)21)14(22)6-3-10-2-5-12(18)9-13(10)19/h2-9,17H,1H3. The number of alkyl halides is 2. The number of methoxy groups -OCH3 is 1. The third kappa shape index (κ3) is 4.61. The molecule has 2 rings (SSSR count). The fourth-order valence-electron chi connectivity index (χ4n) is 1.91. The van der Waals surface area contributed by atoms with Gasteiger partial charge in [0.25, 0.3) is 5.76 Å². The molecule has 0 aliphatic heterocycles. The number of carbonyl (C=O) groups is 1. The van der Waals surface area contributed by atoms with Gasteiger partial charge in [0.05, 0.1) is 12.0 Å². The van der Waals surface area contributed by atoms with Crippen molar-refractivity contribution in [3.05, 3.63) is 65.2 Å². The molecule has 0 amide bonds.